The number of nitrogens with zero attached hydrogens (tertiary/aromatic N) is 3. The van der Waals surface area contributed by atoms with E-state index in [2.05, 4.69) is 44.1 Å². The summed E-state index contributed by atoms with van der Waals surface area (Å²) in [6.07, 6.45) is 4.02. The zero-order valence-electron chi connectivity index (χ0n) is 12.3. The lowest BCUT2D eigenvalue weighted by molar-refractivity contribution is 0.0631. The Kier molecular flexibility index (Phi) is 6.33. The summed E-state index contributed by atoms with van der Waals surface area (Å²) in [5, 5.41) is 0. The third-order valence-electron chi connectivity index (χ3n) is 4.42. The molecule has 2 aliphatic heterocycles. The van der Waals surface area contributed by atoms with Crippen LogP contribution in [0.5, 0.6) is 0 Å². The maximum absolute atomic E-state index is 3.94. The Labute approximate surface area is 126 Å². The molecule has 2 aliphatic rings. The molecule has 0 spiro atoms. The van der Waals surface area contributed by atoms with Crippen molar-refractivity contribution in [1.82, 2.24) is 14.7 Å². The van der Waals surface area contributed by atoms with Gasteiger partial charge in [0.1, 0.15) is 0 Å². The molecule has 0 aromatic carbocycles. The topological polar surface area (TPSA) is 9.72 Å². The van der Waals surface area contributed by atoms with Gasteiger partial charge in [0.05, 0.1) is 0 Å². The zero-order valence-corrected chi connectivity index (χ0v) is 13.9. The number of halogens is 1. The van der Waals surface area contributed by atoms with Gasteiger partial charge in [-0.25, -0.2) is 0 Å². The lowest BCUT2D eigenvalue weighted by Crippen LogP contribution is -2.53. The maximum Gasteiger partial charge on any atom is 0.0294 e. The van der Waals surface area contributed by atoms with Crippen LogP contribution in [-0.4, -0.2) is 73.1 Å². The molecule has 0 aliphatic carbocycles. The van der Waals surface area contributed by atoms with Gasteiger partial charge >= 0.3 is 0 Å². The SMILES string of the molecule is C=C(Br)CN1CCN(C2CCN(CCC)CC2)CC1. The normalized spacial score (nSPS) is 24.7. The van der Waals surface area contributed by atoms with Gasteiger partial charge in [-0.05, 0) is 38.9 Å². The Bertz CT molecular complexity index is 279. The summed E-state index contributed by atoms with van der Waals surface area (Å²) in [6.45, 7) is 16.0. The van der Waals surface area contributed by atoms with Crippen LogP contribution in [0.2, 0.25) is 0 Å². The second-order valence-corrected chi connectivity index (χ2v) is 7.02. The minimum atomic E-state index is 0.836. The lowest BCUT2D eigenvalue weighted by atomic mass is 10.0. The molecule has 0 unspecified atom stereocenters. The predicted octanol–water partition coefficient (Wildman–Crippen LogP) is 2.39. The quantitative estimate of drug-likeness (QED) is 0.766. The molecular weight excluding hydrogens is 302 g/mol. The van der Waals surface area contributed by atoms with Gasteiger partial charge in [0, 0.05) is 43.2 Å². The van der Waals surface area contributed by atoms with Crippen LogP contribution >= 0.6 is 15.9 Å². The van der Waals surface area contributed by atoms with E-state index in [-0.39, 0.29) is 0 Å². The highest BCUT2D eigenvalue weighted by molar-refractivity contribution is 9.11. The third-order valence-corrected chi connectivity index (χ3v) is 4.67. The maximum atomic E-state index is 3.94. The fourth-order valence-electron chi connectivity index (χ4n) is 3.35. The second kappa shape index (κ2) is 7.77. The van der Waals surface area contributed by atoms with E-state index in [4.69, 9.17) is 0 Å². The molecule has 0 saturated carbocycles. The van der Waals surface area contributed by atoms with Crippen molar-refractivity contribution in [2.24, 2.45) is 0 Å². The van der Waals surface area contributed by atoms with E-state index in [9.17, 15) is 0 Å². The van der Waals surface area contributed by atoms with Gasteiger partial charge in [-0.3, -0.25) is 9.80 Å². The highest BCUT2D eigenvalue weighted by Crippen LogP contribution is 2.19. The standard InChI is InChI=1S/C15H28BrN3/c1-3-6-17-7-4-15(5-8-17)19-11-9-18(10-12-19)13-14(2)16/h15H,2-13H2,1H3. The summed E-state index contributed by atoms with van der Waals surface area (Å²) in [5.74, 6) is 0. The molecule has 0 radical (unpaired) electrons. The average molecular weight is 330 g/mol. The molecule has 2 rings (SSSR count). The molecule has 3 nitrogen and oxygen atoms in total. The monoisotopic (exact) mass is 329 g/mol. The molecule has 110 valence electrons. The number of piperidine rings is 1. The van der Waals surface area contributed by atoms with E-state index < -0.39 is 0 Å². The van der Waals surface area contributed by atoms with Crippen LogP contribution < -0.4 is 0 Å². The minimum absolute atomic E-state index is 0.836. The first kappa shape index (κ1) is 15.5. The summed E-state index contributed by atoms with van der Waals surface area (Å²) < 4.78 is 1.11. The predicted molar refractivity (Wildman–Crippen MR) is 85.8 cm³/mol. The molecule has 2 fully saturated rings. The Morgan fingerprint density at radius 2 is 1.68 bits per heavy atom. The van der Waals surface area contributed by atoms with Gasteiger partial charge in [0.25, 0.3) is 0 Å². The van der Waals surface area contributed by atoms with Crippen molar-refractivity contribution in [2.75, 3.05) is 52.4 Å². The number of likely N-dealkylation sites (tertiary alicyclic amines) is 1. The van der Waals surface area contributed by atoms with E-state index in [1.165, 1.54) is 65.1 Å². The first-order chi connectivity index (χ1) is 9.19. The molecule has 4 heteroatoms. The van der Waals surface area contributed by atoms with Gasteiger partial charge in [0.2, 0.25) is 0 Å². The van der Waals surface area contributed by atoms with Crippen molar-refractivity contribution >= 4 is 15.9 Å². The fraction of sp³-hybridized carbons (Fsp3) is 0.867. The lowest BCUT2D eigenvalue weighted by Gasteiger charge is -2.42. The van der Waals surface area contributed by atoms with E-state index in [1.54, 1.807) is 0 Å². The van der Waals surface area contributed by atoms with Gasteiger partial charge < -0.3 is 4.90 Å². The Balaban J connectivity index is 1.69. The summed E-state index contributed by atoms with van der Waals surface area (Å²) >= 11 is 3.47. The molecule has 0 aromatic rings. The van der Waals surface area contributed by atoms with Crippen molar-refractivity contribution in [3.05, 3.63) is 11.1 Å². The molecular formula is C15H28BrN3. The number of rotatable bonds is 5. The van der Waals surface area contributed by atoms with Crippen LogP contribution in [0, 0.1) is 0 Å². The highest BCUT2D eigenvalue weighted by Gasteiger charge is 2.26. The first-order valence-corrected chi connectivity index (χ1v) is 8.50. The highest BCUT2D eigenvalue weighted by atomic mass is 79.9. The van der Waals surface area contributed by atoms with Gasteiger partial charge in [-0.2, -0.15) is 0 Å². The molecule has 0 bridgehead atoms. The van der Waals surface area contributed by atoms with E-state index in [0.717, 1.165) is 17.1 Å². The number of piperazine rings is 1. The Morgan fingerprint density at radius 3 is 2.21 bits per heavy atom. The summed E-state index contributed by atoms with van der Waals surface area (Å²) in [6, 6.07) is 0.836. The minimum Gasteiger partial charge on any atom is -0.303 e. The van der Waals surface area contributed by atoms with Crippen LogP contribution in [0.15, 0.2) is 11.1 Å². The Morgan fingerprint density at radius 1 is 1.05 bits per heavy atom. The van der Waals surface area contributed by atoms with Crippen LogP contribution in [0.25, 0.3) is 0 Å². The van der Waals surface area contributed by atoms with E-state index >= 15 is 0 Å². The smallest absolute Gasteiger partial charge is 0.0294 e. The molecule has 2 saturated heterocycles. The fourth-order valence-corrected chi connectivity index (χ4v) is 3.71. The van der Waals surface area contributed by atoms with Crippen LogP contribution in [0.3, 0.4) is 0 Å². The molecule has 2 heterocycles. The molecule has 19 heavy (non-hydrogen) atoms. The van der Waals surface area contributed by atoms with Gasteiger partial charge in [-0.15, -0.1) is 0 Å². The third kappa shape index (κ3) is 4.85. The summed E-state index contributed by atoms with van der Waals surface area (Å²) in [7, 11) is 0. The van der Waals surface area contributed by atoms with Crippen molar-refractivity contribution in [3.63, 3.8) is 0 Å². The number of hydrogen-bond donors (Lipinski definition) is 0. The van der Waals surface area contributed by atoms with Crippen molar-refractivity contribution in [3.8, 4) is 0 Å². The van der Waals surface area contributed by atoms with Gasteiger partial charge in [0.15, 0.2) is 0 Å². The van der Waals surface area contributed by atoms with Crippen molar-refractivity contribution in [2.45, 2.75) is 32.2 Å². The first-order valence-electron chi connectivity index (χ1n) is 7.71. The van der Waals surface area contributed by atoms with Crippen molar-refractivity contribution in [1.29, 1.82) is 0 Å². The van der Waals surface area contributed by atoms with Crippen LogP contribution in [0.1, 0.15) is 26.2 Å². The summed E-state index contributed by atoms with van der Waals surface area (Å²) in [5.41, 5.74) is 0. The second-order valence-electron chi connectivity index (χ2n) is 5.90. The molecule has 0 amide bonds. The van der Waals surface area contributed by atoms with Gasteiger partial charge in [-0.1, -0.05) is 29.4 Å². The number of hydrogen-bond acceptors (Lipinski definition) is 3. The van der Waals surface area contributed by atoms with Crippen LogP contribution in [-0.2, 0) is 0 Å². The zero-order chi connectivity index (χ0) is 13.7. The Hall–Kier alpha value is 0.1000. The molecule has 0 aromatic heterocycles. The van der Waals surface area contributed by atoms with Crippen LogP contribution in [0.4, 0.5) is 0 Å². The van der Waals surface area contributed by atoms with E-state index in [1.807, 2.05) is 0 Å². The van der Waals surface area contributed by atoms with Crippen molar-refractivity contribution < 1.29 is 0 Å². The average Bonchev–Trinajstić information content (AvgIpc) is 2.40. The molecule has 0 atom stereocenters. The van der Waals surface area contributed by atoms with E-state index in [0.29, 0.717) is 0 Å². The summed E-state index contributed by atoms with van der Waals surface area (Å²) in [4.78, 5) is 7.85. The largest absolute Gasteiger partial charge is 0.303 e. The molecule has 0 N–H and O–H groups in total.